The van der Waals surface area contributed by atoms with E-state index in [4.69, 9.17) is 10.5 Å². The normalized spacial score (nSPS) is 10.9. The second-order valence-corrected chi connectivity index (χ2v) is 4.65. The number of nitrogen functional groups attached to an aromatic ring is 1. The van der Waals surface area contributed by atoms with Crippen molar-refractivity contribution in [3.8, 4) is 5.75 Å². The first-order valence-corrected chi connectivity index (χ1v) is 6.40. The van der Waals surface area contributed by atoms with Gasteiger partial charge in [0.2, 0.25) is 5.95 Å². The minimum atomic E-state index is 0.467. The van der Waals surface area contributed by atoms with Gasteiger partial charge in [0.05, 0.1) is 24.9 Å². The van der Waals surface area contributed by atoms with Gasteiger partial charge >= 0.3 is 0 Å². The van der Waals surface area contributed by atoms with Crippen LogP contribution in [-0.2, 0) is 6.54 Å². The predicted octanol–water partition coefficient (Wildman–Crippen LogP) is 2.38. The van der Waals surface area contributed by atoms with Crippen molar-refractivity contribution in [2.24, 2.45) is 0 Å². The highest BCUT2D eigenvalue weighted by atomic mass is 16.5. The maximum absolute atomic E-state index is 6.04. The van der Waals surface area contributed by atoms with Crippen molar-refractivity contribution in [2.45, 2.75) is 13.5 Å². The molecule has 5 nitrogen and oxygen atoms in total. The van der Waals surface area contributed by atoms with E-state index in [2.05, 4.69) is 9.97 Å². The Morgan fingerprint density at radius 1 is 1.25 bits per heavy atom. The largest absolute Gasteiger partial charge is 0.494 e. The van der Waals surface area contributed by atoms with Crippen molar-refractivity contribution in [1.29, 1.82) is 0 Å². The molecule has 102 valence electrons. The van der Waals surface area contributed by atoms with Crippen LogP contribution in [0.15, 0.2) is 36.5 Å². The summed E-state index contributed by atoms with van der Waals surface area (Å²) >= 11 is 0. The van der Waals surface area contributed by atoms with Crippen LogP contribution in [0, 0.1) is 6.92 Å². The number of hydrogen-bond donors (Lipinski definition) is 1. The van der Waals surface area contributed by atoms with Crippen molar-refractivity contribution < 1.29 is 4.74 Å². The summed E-state index contributed by atoms with van der Waals surface area (Å²) in [5.74, 6) is 1.19. The van der Waals surface area contributed by atoms with Crippen LogP contribution in [0.5, 0.6) is 5.75 Å². The van der Waals surface area contributed by atoms with Crippen LogP contribution >= 0.6 is 0 Å². The van der Waals surface area contributed by atoms with Crippen molar-refractivity contribution in [3.05, 3.63) is 47.8 Å². The molecule has 2 heterocycles. The number of imidazole rings is 1. The number of methoxy groups -OCH3 is 1. The third kappa shape index (κ3) is 1.97. The van der Waals surface area contributed by atoms with E-state index in [1.807, 2.05) is 41.8 Å². The summed E-state index contributed by atoms with van der Waals surface area (Å²) in [5.41, 5.74) is 9.90. The lowest BCUT2D eigenvalue weighted by atomic mass is 10.2. The van der Waals surface area contributed by atoms with Gasteiger partial charge in [-0.15, -0.1) is 0 Å². The third-order valence-corrected chi connectivity index (χ3v) is 3.42. The first-order chi connectivity index (χ1) is 9.70. The molecule has 3 rings (SSSR count). The highest BCUT2D eigenvalue weighted by Gasteiger charge is 2.13. The number of anilines is 1. The van der Waals surface area contributed by atoms with Gasteiger partial charge in [0.25, 0.3) is 0 Å². The number of rotatable bonds is 3. The van der Waals surface area contributed by atoms with Gasteiger partial charge in [-0.1, -0.05) is 12.1 Å². The van der Waals surface area contributed by atoms with E-state index in [1.54, 1.807) is 13.3 Å². The highest BCUT2D eigenvalue weighted by molar-refractivity contribution is 5.84. The minimum Gasteiger partial charge on any atom is -0.494 e. The molecule has 0 spiro atoms. The molecule has 0 aliphatic heterocycles. The summed E-state index contributed by atoms with van der Waals surface area (Å²) in [4.78, 5) is 8.81. The number of nitrogens with two attached hydrogens (primary N) is 1. The Bertz CT molecular complexity index is 764. The lowest BCUT2D eigenvalue weighted by Crippen LogP contribution is -2.07. The SMILES string of the molecule is COc1cccc2c1nc(N)n2Cc1ncccc1C. The number of aromatic nitrogens is 3. The Kier molecular flexibility index (Phi) is 3.02. The third-order valence-electron chi connectivity index (χ3n) is 3.42. The fraction of sp³-hybridized carbons (Fsp3) is 0.200. The Morgan fingerprint density at radius 2 is 2.10 bits per heavy atom. The molecule has 0 radical (unpaired) electrons. The minimum absolute atomic E-state index is 0.467. The van der Waals surface area contributed by atoms with Crippen molar-refractivity contribution in [3.63, 3.8) is 0 Å². The van der Waals surface area contributed by atoms with Crippen LogP contribution in [0.2, 0.25) is 0 Å². The van der Waals surface area contributed by atoms with E-state index in [1.165, 1.54) is 0 Å². The molecule has 1 aromatic carbocycles. The Hall–Kier alpha value is -2.56. The number of nitrogens with zero attached hydrogens (tertiary/aromatic N) is 3. The molecule has 0 amide bonds. The lowest BCUT2D eigenvalue weighted by molar-refractivity contribution is 0.419. The van der Waals surface area contributed by atoms with Gasteiger partial charge in [-0.2, -0.15) is 0 Å². The van der Waals surface area contributed by atoms with Gasteiger partial charge in [0, 0.05) is 6.20 Å². The number of aryl methyl sites for hydroxylation is 1. The molecule has 0 fully saturated rings. The molecule has 0 saturated heterocycles. The molecule has 0 unspecified atom stereocenters. The molecule has 0 aliphatic carbocycles. The summed E-state index contributed by atoms with van der Waals surface area (Å²) in [6.45, 7) is 2.64. The van der Waals surface area contributed by atoms with Crippen LogP contribution in [0.3, 0.4) is 0 Å². The van der Waals surface area contributed by atoms with E-state index in [0.29, 0.717) is 12.5 Å². The van der Waals surface area contributed by atoms with Crippen LogP contribution < -0.4 is 10.5 Å². The average Bonchev–Trinajstić information content (AvgIpc) is 2.77. The smallest absolute Gasteiger partial charge is 0.201 e. The van der Waals surface area contributed by atoms with Gasteiger partial charge < -0.3 is 15.0 Å². The van der Waals surface area contributed by atoms with Crippen LogP contribution in [0.4, 0.5) is 5.95 Å². The van der Waals surface area contributed by atoms with E-state index in [-0.39, 0.29) is 0 Å². The number of ether oxygens (including phenoxy) is 1. The fourth-order valence-corrected chi connectivity index (χ4v) is 2.30. The summed E-state index contributed by atoms with van der Waals surface area (Å²) in [6, 6.07) is 9.77. The first kappa shape index (κ1) is 12.5. The second kappa shape index (κ2) is 4.85. The topological polar surface area (TPSA) is 66.0 Å². The number of benzene rings is 1. The number of para-hydroxylation sites is 1. The zero-order valence-corrected chi connectivity index (χ0v) is 11.5. The van der Waals surface area contributed by atoms with Crippen LogP contribution in [0.25, 0.3) is 11.0 Å². The van der Waals surface area contributed by atoms with E-state index in [0.717, 1.165) is 28.0 Å². The molecule has 3 aromatic rings. The molecule has 20 heavy (non-hydrogen) atoms. The summed E-state index contributed by atoms with van der Waals surface area (Å²) in [6.07, 6.45) is 1.79. The van der Waals surface area contributed by atoms with Gasteiger partial charge in [-0.25, -0.2) is 4.98 Å². The predicted molar refractivity (Wildman–Crippen MR) is 78.8 cm³/mol. The fourth-order valence-electron chi connectivity index (χ4n) is 2.30. The number of hydrogen-bond acceptors (Lipinski definition) is 4. The Labute approximate surface area is 117 Å². The van der Waals surface area contributed by atoms with Gasteiger partial charge in [-0.05, 0) is 30.7 Å². The van der Waals surface area contributed by atoms with Gasteiger partial charge in [0.15, 0.2) is 0 Å². The van der Waals surface area contributed by atoms with Crippen LogP contribution in [0.1, 0.15) is 11.3 Å². The standard InChI is InChI=1S/C15H16N4O/c1-10-5-4-8-17-11(10)9-19-12-6-3-7-13(20-2)14(12)18-15(19)16/h3-8H,9H2,1-2H3,(H2,16,18). The molecule has 0 saturated carbocycles. The molecular formula is C15H16N4O. The zero-order chi connectivity index (χ0) is 14.1. The Balaban J connectivity index is 2.13. The van der Waals surface area contributed by atoms with E-state index in [9.17, 15) is 0 Å². The molecule has 2 N–H and O–H groups in total. The quantitative estimate of drug-likeness (QED) is 0.792. The first-order valence-electron chi connectivity index (χ1n) is 6.40. The lowest BCUT2D eigenvalue weighted by Gasteiger charge is -2.08. The number of pyridine rings is 1. The van der Waals surface area contributed by atoms with Crippen molar-refractivity contribution >= 4 is 17.0 Å². The summed E-state index contributed by atoms with van der Waals surface area (Å²) < 4.78 is 7.27. The molecule has 2 aromatic heterocycles. The highest BCUT2D eigenvalue weighted by Crippen LogP contribution is 2.27. The summed E-state index contributed by atoms with van der Waals surface area (Å²) in [7, 11) is 1.63. The summed E-state index contributed by atoms with van der Waals surface area (Å²) in [5, 5.41) is 0. The maximum atomic E-state index is 6.04. The molecule has 0 bridgehead atoms. The Morgan fingerprint density at radius 3 is 2.85 bits per heavy atom. The molecule has 5 heteroatoms. The van der Waals surface area contributed by atoms with E-state index < -0.39 is 0 Å². The zero-order valence-electron chi connectivity index (χ0n) is 11.5. The number of fused-ring (bicyclic) bond motifs is 1. The van der Waals surface area contributed by atoms with E-state index >= 15 is 0 Å². The van der Waals surface area contributed by atoms with Gasteiger partial charge in [0.1, 0.15) is 11.3 Å². The molecule has 0 atom stereocenters. The second-order valence-electron chi connectivity index (χ2n) is 4.65. The van der Waals surface area contributed by atoms with Crippen LogP contribution in [-0.4, -0.2) is 21.6 Å². The maximum Gasteiger partial charge on any atom is 0.201 e. The molecular weight excluding hydrogens is 252 g/mol. The van der Waals surface area contributed by atoms with Crippen molar-refractivity contribution in [2.75, 3.05) is 12.8 Å². The van der Waals surface area contributed by atoms with Crippen molar-refractivity contribution in [1.82, 2.24) is 14.5 Å². The monoisotopic (exact) mass is 268 g/mol. The molecule has 0 aliphatic rings. The average molecular weight is 268 g/mol. The van der Waals surface area contributed by atoms with Gasteiger partial charge in [-0.3, -0.25) is 4.98 Å².